The van der Waals surface area contributed by atoms with Gasteiger partial charge in [0.05, 0.1) is 11.2 Å². The fourth-order valence-corrected chi connectivity index (χ4v) is 3.36. The van der Waals surface area contributed by atoms with Gasteiger partial charge >= 0.3 is 5.56 Å². The average molecular weight is 442 g/mol. The number of rotatable bonds is 5. The summed E-state index contributed by atoms with van der Waals surface area (Å²) in [6.07, 6.45) is 1.46. The van der Waals surface area contributed by atoms with Crippen molar-refractivity contribution in [1.29, 1.82) is 0 Å². The largest absolute Gasteiger partial charge is 0.463 e. The first-order valence-corrected chi connectivity index (χ1v) is 9.69. The summed E-state index contributed by atoms with van der Waals surface area (Å²) in [7, 11) is 0. The molecule has 0 spiro atoms. The number of H-pyrrole nitrogens is 1. The molecule has 0 unspecified atom stereocenters. The number of fused-ring (bicyclic) bond motifs is 1. The van der Waals surface area contributed by atoms with Crippen molar-refractivity contribution in [3.05, 3.63) is 99.0 Å². The molecule has 0 aliphatic heterocycles. The van der Waals surface area contributed by atoms with Crippen molar-refractivity contribution in [1.82, 2.24) is 19.9 Å². The van der Waals surface area contributed by atoms with E-state index in [1.165, 1.54) is 24.5 Å². The molecule has 11 heteroatoms. The lowest BCUT2D eigenvalue weighted by atomic mass is 10.1. The Bertz CT molecular complexity index is 1550. The predicted octanol–water partition coefficient (Wildman–Crippen LogP) is 3.34. The fraction of sp³-hybridized carbons (Fsp3) is 0. The molecule has 2 aromatic carbocycles. The van der Waals surface area contributed by atoms with E-state index in [4.69, 9.17) is 4.42 Å². The van der Waals surface area contributed by atoms with Crippen LogP contribution in [-0.2, 0) is 0 Å². The first-order chi connectivity index (χ1) is 16.0. The topological polar surface area (TPSA) is 149 Å². The highest BCUT2D eigenvalue weighted by Gasteiger charge is 2.22. The van der Waals surface area contributed by atoms with E-state index in [1.807, 2.05) is 0 Å². The molecule has 0 fully saturated rings. The van der Waals surface area contributed by atoms with Crippen LogP contribution >= 0.6 is 0 Å². The molecule has 2 N–H and O–H groups in total. The molecule has 0 aliphatic rings. The van der Waals surface area contributed by atoms with Gasteiger partial charge in [0.15, 0.2) is 17.1 Å². The number of benzene rings is 2. The quantitative estimate of drug-likeness (QED) is 0.313. The molecule has 1 amide bonds. The summed E-state index contributed by atoms with van der Waals surface area (Å²) in [5.74, 6) is -0.164. The third kappa shape index (κ3) is 3.53. The molecule has 0 saturated carbocycles. The lowest BCUT2D eigenvalue weighted by Gasteiger charge is -2.13. The van der Waals surface area contributed by atoms with E-state index in [0.29, 0.717) is 17.0 Å². The molecular formula is C22H14N6O5. The predicted molar refractivity (Wildman–Crippen MR) is 118 cm³/mol. The molecule has 0 aliphatic carbocycles. The van der Waals surface area contributed by atoms with Crippen LogP contribution in [0.15, 0.2) is 82.2 Å². The van der Waals surface area contributed by atoms with Crippen LogP contribution < -0.4 is 11.0 Å². The molecule has 162 valence electrons. The minimum atomic E-state index is -0.667. The van der Waals surface area contributed by atoms with Gasteiger partial charge in [-0.05, 0) is 24.3 Å². The van der Waals surface area contributed by atoms with Crippen LogP contribution in [0.5, 0.6) is 0 Å². The minimum Gasteiger partial charge on any atom is -0.463 e. The summed E-state index contributed by atoms with van der Waals surface area (Å²) >= 11 is 0. The zero-order chi connectivity index (χ0) is 22.9. The van der Waals surface area contributed by atoms with Gasteiger partial charge < -0.3 is 4.42 Å². The summed E-state index contributed by atoms with van der Waals surface area (Å²) in [6, 6.07) is 17.2. The number of carbonyl (C=O) groups excluding carboxylic acids is 1. The van der Waals surface area contributed by atoms with E-state index >= 15 is 0 Å². The van der Waals surface area contributed by atoms with E-state index in [-0.39, 0.29) is 28.1 Å². The molecule has 5 aromatic rings. The van der Waals surface area contributed by atoms with E-state index in [2.05, 4.69) is 20.6 Å². The summed E-state index contributed by atoms with van der Waals surface area (Å²) in [6.45, 7) is 0. The van der Waals surface area contributed by atoms with Gasteiger partial charge in [-0.1, -0.05) is 30.3 Å². The monoisotopic (exact) mass is 442 g/mol. The Balaban J connectivity index is 1.74. The molecule has 0 saturated heterocycles. The van der Waals surface area contributed by atoms with Crippen LogP contribution in [0, 0.1) is 10.1 Å². The molecule has 11 nitrogen and oxygen atoms in total. The number of aromatic nitrogens is 4. The fourth-order valence-electron chi connectivity index (χ4n) is 3.36. The highest BCUT2D eigenvalue weighted by Crippen LogP contribution is 2.27. The zero-order valence-corrected chi connectivity index (χ0v) is 16.8. The van der Waals surface area contributed by atoms with E-state index in [1.54, 1.807) is 48.5 Å². The zero-order valence-electron chi connectivity index (χ0n) is 16.8. The Morgan fingerprint density at radius 2 is 1.88 bits per heavy atom. The number of carbonyl (C=O) groups is 1. The first kappa shape index (κ1) is 19.9. The van der Waals surface area contributed by atoms with E-state index < -0.39 is 16.4 Å². The highest BCUT2D eigenvalue weighted by molar-refractivity contribution is 6.00. The van der Waals surface area contributed by atoms with Crippen molar-refractivity contribution in [3.63, 3.8) is 0 Å². The number of non-ortho nitro benzene ring substituents is 1. The van der Waals surface area contributed by atoms with Crippen molar-refractivity contribution in [3.8, 4) is 22.8 Å². The summed E-state index contributed by atoms with van der Waals surface area (Å²) in [5, 5.41) is 18.1. The second-order valence-corrected chi connectivity index (χ2v) is 6.96. The van der Waals surface area contributed by atoms with Gasteiger partial charge in [-0.3, -0.25) is 30.2 Å². The number of hydrogen-bond acceptors (Lipinski definition) is 7. The Labute approximate surface area is 184 Å². The Morgan fingerprint density at radius 3 is 2.61 bits per heavy atom. The average Bonchev–Trinajstić information content (AvgIpc) is 3.51. The lowest BCUT2D eigenvalue weighted by Crippen LogP contribution is -2.35. The van der Waals surface area contributed by atoms with Crippen molar-refractivity contribution < 1.29 is 14.1 Å². The van der Waals surface area contributed by atoms with Gasteiger partial charge in [0.2, 0.25) is 0 Å². The number of hydrogen-bond donors (Lipinski definition) is 2. The molecule has 0 atom stereocenters. The van der Waals surface area contributed by atoms with Crippen molar-refractivity contribution in [2.24, 2.45) is 0 Å². The molecule has 3 aromatic heterocycles. The Hall–Kier alpha value is -5.06. The van der Waals surface area contributed by atoms with Gasteiger partial charge in [-0.2, -0.15) is 9.77 Å². The van der Waals surface area contributed by atoms with Crippen LogP contribution in [0.1, 0.15) is 10.4 Å². The van der Waals surface area contributed by atoms with Crippen LogP contribution in [0.2, 0.25) is 0 Å². The molecule has 0 radical (unpaired) electrons. The van der Waals surface area contributed by atoms with Crippen molar-refractivity contribution in [2.75, 3.05) is 5.43 Å². The Morgan fingerprint density at radius 1 is 1.06 bits per heavy atom. The molecular weight excluding hydrogens is 428 g/mol. The molecule has 0 bridgehead atoms. The van der Waals surface area contributed by atoms with Crippen molar-refractivity contribution in [2.45, 2.75) is 0 Å². The van der Waals surface area contributed by atoms with Crippen LogP contribution in [0.3, 0.4) is 0 Å². The van der Waals surface area contributed by atoms with Crippen LogP contribution in [0.25, 0.3) is 33.9 Å². The number of aromatic amines is 1. The number of nitrogens with one attached hydrogen (secondary N) is 2. The maximum absolute atomic E-state index is 13.4. The molecule has 33 heavy (non-hydrogen) atoms. The van der Waals surface area contributed by atoms with Crippen molar-refractivity contribution >= 4 is 22.6 Å². The number of nitro benzene ring substituents is 1. The number of nitro groups is 1. The molecule has 5 rings (SSSR count). The van der Waals surface area contributed by atoms with Gasteiger partial charge in [0.1, 0.15) is 11.2 Å². The highest BCUT2D eigenvalue weighted by atomic mass is 16.6. The summed E-state index contributed by atoms with van der Waals surface area (Å²) < 4.78 is 6.33. The molecule has 3 heterocycles. The van der Waals surface area contributed by atoms with Gasteiger partial charge in [-0.15, -0.1) is 0 Å². The maximum Gasteiger partial charge on any atom is 0.301 e. The number of amides is 1. The van der Waals surface area contributed by atoms with Crippen LogP contribution in [0.4, 0.5) is 5.69 Å². The SMILES string of the molecule is O=C(Nn1c(-c2cccc([N+](=O)[O-])c2)nc2c(-c3ccco3)[nH]nc2c1=O)c1ccccc1. The third-order valence-corrected chi connectivity index (χ3v) is 4.91. The van der Waals surface area contributed by atoms with Gasteiger partial charge in [-0.25, -0.2) is 4.98 Å². The number of furan rings is 1. The van der Waals surface area contributed by atoms with E-state index in [0.717, 1.165) is 4.68 Å². The second kappa shape index (κ2) is 7.89. The normalized spacial score (nSPS) is 10.9. The lowest BCUT2D eigenvalue weighted by molar-refractivity contribution is -0.384. The maximum atomic E-state index is 13.4. The van der Waals surface area contributed by atoms with Crippen LogP contribution in [-0.4, -0.2) is 30.7 Å². The van der Waals surface area contributed by atoms with Gasteiger partial charge in [0, 0.05) is 23.3 Å². The smallest absolute Gasteiger partial charge is 0.301 e. The summed E-state index contributed by atoms with van der Waals surface area (Å²) in [5.41, 5.74) is 2.76. The van der Waals surface area contributed by atoms with E-state index in [9.17, 15) is 19.7 Å². The third-order valence-electron chi connectivity index (χ3n) is 4.91. The minimum absolute atomic E-state index is 0.00492. The standard InChI is InChI=1S/C22H14N6O5/c29-21(13-6-2-1-3-7-13)26-27-20(14-8-4-9-15(12-14)28(31)32)23-18-17(16-10-5-11-33-16)24-25-19(18)22(27)30/h1-12H,(H,24,25)(H,26,29). The Kier molecular flexibility index (Phi) is 4.75. The van der Waals surface area contributed by atoms with Gasteiger partial charge in [0.25, 0.3) is 11.6 Å². The number of nitrogens with zero attached hydrogens (tertiary/aromatic N) is 4. The first-order valence-electron chi connectivity index (χ1n) is 9.69. The second-order valence-electron chi connectivity index (χ2n) is 6.96. The summed E-state index contributed by atoms with van der Waals surface area (Å²) in [4.78, 5) is 41.4.